The molecule has 4 N–H and O–H groups in total. The van der Waals surface area contributed by atoms with Crippen molar-refractivity contribution in [2.75, 3.05) is 51.3 Å². The Labute approximate surface area is 366 Å². The maximum Gasteiger partial charge on any atom is 0.408 e. The van der Waals surface area contributed by atoms with Gasteiger partial charge < -0.3 is 44.9 Å². The van der Waals surface area contributed by atoms with E-state index in [0.29, 0.717) is 78.3 Å². The zero-order chi connectivity index (χ0) is 43.9. The van der Waals surface area contributed by atoms with E-state index in [9.17, 15) is 24.3 Å². The van der Waals surface area contributed by atoms with Gasteiger partial charge in [-0.1, -0.05) is 34.1 Å². The van der Waals surface area contributed by atoms with Crippen LogP contribution >= 0.6 is 11.3 Å². The Balaban J connectivity index is 1.07. The van der Waals surface area contributed by atoms with Crippen LogP contribution in [0.2, 0.25) is 0 Å². The number of ether oxygens (including phenoxy) is 4. The predicted molar refractivity (Wildman–Crippen MR) is 233 cm³/mol. The number of carboxylic acids is 1. The Kier molecular flexibility index (Phi) is 12.6. The van der Waals surface area contributed by atoms with Gasteiger partial charge in [0.05, 0.1) is 31.0 Å². The molecule has 1 unspecified atom stereocenters. The van der Waals surface area contributed by atoms with E-state index in [-0.39, 0.29) is 31.0 Å². The number of carboxylic acid groups (broad SMARTS) is 1. The smallest absolute Gasteiger partial charge is 0.408 e. The van der Waals surface area contributed by atoms with Crippen molar-refractivity contribution in [1.82, 2.24) is 30.4 Å². The van der Waals surface area contributed by atoms with Crippen LogP contribution in [0.3, 0.4) is 0 Å². The lowest BCUT2D eigenvalue weighted by Gasteiger charge is -2.35. The number of pyridine rings is 1. The Morgan fingerprint density at radius 2 is 1.77 bits per heavy atom. The van der Waals surface area contributed by atoms with Crippen molar-refractivity contribution in [3.8, 4) is 22.9 Å². The Bertz CT molecular complexity index is 2140. The fourth-order valence-electron chi connectivity index (χ4n) is 9.34. The van der Waals surface area contributed by atoms with Crippen LogP contribution in [-0.2, 0) is 23.9 Å². The fraction of sp³-hybridized carbons (Fsp3) is 0.644. The van der Waals surface area contributed by atoms with Gasteiger partial charge in [-0.05, 0) is 74.8 Å². The van der Waals surface area contributed by atoms with E-state index >= 15 is 0 Å². The van der Waals surface area contributed by atoms with Crippen LogP contribution in [0.25, 0.3) is 22.3 Å². The van der Waals surface area contributed by atoms with Crippen molar-refractivity contribution in [3.05, 3.63) is 29.6 Å². The van der Waals surface area contributed by atoms with E-state index in [1.165, 1.54) is 22.7 Å². The molecular formula is C45H61N7O9S. The number of aliphatic carboxylic acids is 1. The lowest BCUT2D eigenvalue weighted by Crippen LogP contribution is -2.59. The van der Waals surface area contributed by atoms with Gasteiger partial charge in [-0.25, -0.2) is 19.6 Å². The summed E-state index contributed by atoms with van der Waals surface area (Å²) >= 11 is 1.47. The van der Waals surface area contributed by atoms with Gasteiger partial charge in [0.25, 0.3) is 0 Å². The number of fused-ring (bicyclic) bond motifs is 2. The summed E-state index contributed by atoms with van der Waals surface area (Å²) in [5, 5.41) is 22.6. The zero-order valence-corrected chi connectivity index (χ0v) is 37.4. The number of amides is 3. The average Bonchev–Trinajstić information content (AvgIpc) is 3.89. The Morgan fingerprint density at radius 1 is 1.02 bits per heavy atom. The predicted octanol–water partition coefficient (Wildman–Crippen LogP) is 5.55. The van der Waals surface area contributed by atoms with Gasteiger partial charge in [-0.15, -0.1) is 11.3 Å². The number of anilines is 1. The van der Waals surface area contributed by atoms with Gasteiger partial charge in [-0.3, -0.25) is 14.5 Å². The molecule has 0 spiro atoms. The molecule has 62 heavy (non-hydrogen) atoms. The summed E-state index contributed by atoms with van der Waals surface area (Å²) in [6.45, 7) is 15.9. The Hall–Kier alpha value is -4.74. The third-order valence-corrected chi connectivity index (χ3v) is 13.8. The molecule has 2 aliphatic heterocycles. The molecule has 0 bridgehead atoms. The van der Waals surface area contributed by atoms with Crippen molar-refractivity contribution in [3.63, 3.8) is 0 Å². The highest BCUT2D eigenvalue weighted by molar-refractivity contribution is 7.14. The van der Waals surface area contributed by atoms with Gasteiger partial charge in [-0.2, -0.15) is 0 Å². The van der Waals surface area contributed by atoms with Crippen molar-refractivity contribution in [2.24, 2.45) is 23.2 Å². The first-order chi connectivity index (χ1) is 29.6. The molecule has 16 nitrogen and oxygen atoms in total. The number of nitrogens with one attached hydrogen (secondary N) is 3. The molecule has 3 amide bonds. The number of benzene rings is 1. The molecular weight excluding hydrogens is 815 g/mol. The average molecular weight is 876 g/mol. The number of hydrogen-bond donors (Lipinski definition) is 4. The first-order valence-electron chi connectivity index (χ1n) is 22.2. The second-order valence-electron chi connectivity index (χ2n) is 19.1. The van der Waals surface area contributed by atoms with E-state index in [1.807, 2.05) is 71.2 Å². The Morgan fingerprint density at radius 3 is 2.45 bits per heavy atom. The van der Waals surface area contributed by atoms with Gasteiger partial charge in [0, 0.05) is 55.0 Å². The first-order valence-corrected chi connectivity index (χ1v) is 23.1. The molecule has 8 atom stereocenters. The minimum absolute atomic E-state index is 0.00450. The molecule has 8 rings (SSSR count). The largest absolute Gasteiger partial charge is 0.492 e. The summed E-state index contributed by atoms with van der Waals surface area (Å²) in [5.74, 6) is -0.0277. The maximum absolute atomic E-state index is 14.8. The number of rotatable bonds is 16. The number of aromatic nitrogens is 2. The number of nitrogens with zero attached hydrogens (tertiary/aromatic N) is 4. The number of likely N-dealkylation sites (tertiary alicyclic amines) is 1. The first kappa shape index (κ1) is 43.9. The normalized spacial score (nSPS) is 27.4. The molecule has 4 heterocycles. The number of thiazole rings is 1. The highest BCUT2D eigenvalue weighted by Crippen LogP contribution is 2.52. The van der Waals surface area contributed by atoms with Crippen LogP contribution in [0.1, 0.15) is 80.1 Å². The second kappa shape index (κ2) is 17.8. The van der Waals surface area contributed by atoms with E-state index in [2.05, 4.69) is 20.9 Å². The summed E-state index contributed by atoms with van der Waals surface area (Å²) in [6.07, 6.45) is 2.27. The number of alkyl carbamates (subject to hydrolysis) is 1. The molecule has 5 fully saturated rings. The monoisotopic (exact) mass is 875 g/mol. The number of morpholine rings is 1. The molecule has 3 saturated carbocycles. The SMILES string of the molecule is CC[C@@H]1C[C@]1(NC(=O)[C@@H]1C[C@@H](Oc2cc(-c3csc(NC(C)C)n3)nc3cc(OCCN4CCOCC4)ccc23)CN1C(=O)[C@@H](NC(=O)OC1C[C@@H]2C[C@@H]2C1)C(C)(C)C)C(=O)O. The minimum atomic E-state index is -1.40. The lowest BCUT2D eigenvalue weighted by molar-refractivity contribution is -0.146. The van der Waals surface area contributed by atoms with Gasteiger partial charge >= 0.3 is 12.1 Å². The summed E-state index contributed by atoms with van der Waals surface area (Å²) in [7, 11) is 0. The molecule has 3 aromatic rings. The summed E-state index contributed by atoms with van der Waals surface area (Å²) in [4.78, 5) is 68.5. The lowest BCUT2D eigenvalue weighted by atomic mass is 9.85. The van der Waals surface area contributed by atoms with E-state index in [0.717, 1.165) is 37.6 Å². The third-order valence-electron chi connectivity index (χ3n) is 13.0. The molecule has 17 heteroatoms. The molecule has 2 aromatic heterocycles. The molecule has 3 aliphatic carbocycles. The summed E-state index contributed by atoms with van der Waals surface area (Å²) in [6, 6.07) is 5.54. The van der Waals surface area contributed by atoms with Crippen molar-refractivity contribution in [2.45, 2.75) is 116 Å². The van der Waals surface area contributed by atoms with Crippen LogP contribution in [-0.4, -0.2) is 131 Å². The third kappa shape index (κ3) is 9.74. The fourth-order valence-corrected chi connectivity index (χ4v) is 10.2. The van der Waals surface area contributed by atoms with Gasteiger partial charge in [0.1, 0.15) is 53.6 Å². The molecule has 336 valence electrons. The van der Waals surface area contributed by atoms with Crippen LogP contribution in [0.4, 0.5) is 9.93 Å². The van der Waals surface area contributed by atoms with Crippen molar-refractivity contribution >= 4 is 51.2 Å². The quantitative estimate of drug-likeness (QED) is 0.140. The van der Waals surface area contributed by atoms with Crippen LogP contribution < -0.4 is 25.4 Å². The van der Waals surface area contributed by atoms with E-state index in [1.54, 1.807) is 0 Å². The van der Waals surface area contributed by atoms with Crippen molar-refractivity contribution < 1.29 is 43.2 Å². The summed E-state index contributed by atoms with van der Waals surface area (Å²) < 4.78 is 24.3. The van der Waals surface area contributed by atoms with Crippen LogP contribution in [0.5, 0.6) is 11.5 Å². The standard InChI is InChI=1S/C45H61N7O9S/c1-7-28-22-45(28,41(55)56)50-39(53)36-20-31(23-52(36)40(54)38(44(4,5)6)49-43(57)61-30-17-26-16-27(26)18-30)60-37-21-34(35-24-62-42(48-35)46-25(2)3)47-33-19-29(8-9-32(33)37)59-15-12-51-10-13-58-14-11-51/h8-9,19,21,24-28,30-31,36,38H,7,10-18,20,22-23H2,1-6H3,(H,46,48)(H,49,57)(H,50,53)(H,55,56)/t26-,27+,28-,30?,31-,36+,38-,45-/m1/s1. The van der Waals surface area contributed by atoms with Crippen LogP contribution in [0, 0.1) is 23.2 Å². The molecule has 0 radical (unpaired) electrons. The van der Waals surface area contributed by atoms with Crippen molar-refractivity contribution in [1.29, 1.82) is 0 Å². The minimum Gasteiger partial charge on any atom is -0.492 e. The second-order valence-corrected chi connectivity index (χ2v) is 19.9. The number of carbonyl (C=O) groups is 4. The topological polar surface area (TPSA) is 194 Å². The molecule has 5 aliphatic rings. The van der Waals surface area contributed by atoms with Gasteiger partial charge in [0.15, 0.2) is 5.13 Å². The highest BCUT2D eigenvalue weighted by atomic mass is 32.1. The van der Waals surface area contributed by atoms with E-state index < -0.39 is 53.0 Å². The van der Waals surface area contributed by atoms with E-state index in [4.69, 9.17) is 28.9 Å². The number of carbonyl (C=O) groups excluding carboxylic acids is 3. The number of hydrogen-bond acceptors (Lipinski definition) is 13. The van der Waals surface area contributed by atoms with Crippen LogP contribution in [0.15, 0.2) is 29.6 Å². The summed E-state index contributed by atoms with van der Waals surface area (Å²) in [5.41, 5.74) is -0.329. The molecule has 2 saturated heterocycles. The van der Waals surface area contributed by atoms with Gasteiger partial charge in [0.2, 0.25) is 11.8 Å². The molecule has 1 aromatic carbocycles. The maximum atomic E-state index is 14.8. The zero-order valence-electron chi connectivity index (χ0n) is 36.6. The highest BCUT2D eigenvalue weighted by Gasteiger charge is 2.61.